The van der Waals surface area contributed by atoms with E-state index in [2.05, 4.69) is 5.32 Å². The van der Waals surface area contributed by atoms with E-state index in [1.165, 1.54) is 0 Å². The lowest BCUT2D eigenvalue weighted by Gasteiger charge is -2.41. The summed E-state index contributed by atoms with van der Waals surface area (Å²) >= 11 is 0. The molecule has 0 aromatic carbocycles. The fourth-order valence-corrected chi connectivity index (χ4v) is 1.78. The quantitative estimate of drug-likeness (QED) is 0.478. The molecule has 0 aromatic rings. The van der Waals surface area contributed by atoms with Crippen molar-refractivity contribution in [2.45, 2.75) is 12.1 Å². The molecule has 3 N–H and O–H groups in total. The lowest BCUT2D eigenvalue weighted by atomic mass is 10.1. The number of nitrogens with one attached hydrogen (secondary N) is 1. The van der Waals surface area contributed by atoms with Crippen LogP contribution in [0, 0.1) is 0 Å². The highest BCUT2D eigenvalue weighted by Crippen LogP contribution is 2.09. The van der Waals surface area contributed by atoms with Crippen LogP contribution in [0.5, 0.6) is 0 Å². The Kier molecular flexibility index (Phi) is 1.90. The predicted octanol–water partition coefficient (Wildman–Crippen LogP) is -1.26. The van der Waals surface area contributed by atoms with Gasteiger partial charge < -0.3 is 20.7 Å². The van der Waals surface area contributed by atoms with Crippen molar-refractivity contribution in [1.82, 2.24) is 10.2 Å². The maximum absolute atomic E-state index is 10.9. The Bertz CT molecular complexity index is 185. The van der Waals surface area contributed by atoms with E-state index in [0.717, 1.165) is 0 Å². The molecule has 12 heavy (non-hydrogen) atoms. The third-order valence-electron chi connectivity index (χ3n) is 2.30. The number of rotatable bonds is 0. The van der Waals surface area contributed by atoms with E-state index < -0.39 is 0 Å². The summed E-state index contributed by atoms with van der Waals surface area (Å²) in [5.74, 6) is 0. The lowest BCUT2D eigenvalue weighted by molar-refractivity contribution is 0.00474. The van der Waals surface area contributed by atoms with Crippen molar-refractivity contribution in [1.29, 1.82) is 0 Å². The number of hydrogen-bond acceptors (Lipinski definition) is 3. The summed E-state index contributed by atoms with van der Waals surface area (Å²) in [6, 6.07) is 0.211. The number of amides is 2. The molecule has 5 nitrogen and oxygen atoms in total. The zero-order valence-corrected chi connectivity index (χ0v) is 6.82. The SMILES string of the molecule is NC(=O)N1CC2COCC(C1)N2. The predicted molar refractivity (Wildman–Crippen MR) is 42.7 cm³/mol. The Morgan fingerprint density at radius 2 is 2.00 bits per heavy atom. The van der Waals surface area contributed by atoms with E-state index in [1.807, 2.05) is 0 Å². The van der Waals surface area contributed by atoms with Gasteiger partial charge in [0.05, 0.1) is 13.2 Å². The van der Waals surface area contributed by atoms with Crippen molar-refractivity contribution in [2.24, 2.45) is 5.73 Å². The van der Waals surface area contributed by atoms with E-state index in [4.69, 9.17) is 10.5 Å². The first kappa shape index (κ1) is 7.82. The third-order valence-corrected chi connectivity index (χ3v) is 2.30. The summed E-state index contributed by atoms with van der Waals surface area (Å²) in [4.78, 5) is 12.5. The van der Waals surface area contributed by atoms with Gasteiger partial charge in [0.25, 0.3) is 0 Å². The van der Waals surface area contributed by atoms with Gasteiger partial charge in [-0.05, 0) is 0 Å². The first-order valence-electron chi connectivity index (χ1n) is 4.14. The molecule has 0 spiro atoms. The van der Waals surface area contributed by atoms with Gasteiger partial charge in [0.2, 0.25) is 0 Å². The molecule has 2 saturated heterocycles. The number of carbonyl (C=O) groups is 1. The Hall–Kier alpha value is -0.810. The maximum Gasteiger partial charge on any atom is 0.314 e. The Balaban J connectivity index is 2.00. The molecule has 0 saturated carbocycles. The van der Waals surface area contributed by atoms with Gasteiger partial charge in [-0.3, -0.25) is 0 Å². The summed E-state index contributed by atoms with van der Waals surface area (Å²) in [6.45, 7) is 2.71. The van der Waals surface area contributed by atoms with E-state index in [-0.39, 0.29) is 18.1 Å². The molecule has 2 aliphatic rings. The summed E-state index contributed by atoms with van der Waals surface area (Å²) in [5.41, 5.74) is 5.19. The van der Waals surface area contributed by atoms with E-state index in [0.29, 0.717) is 26.3 Å². The molecular weight excluding hydrogens is 158 g/mol. The van der Waals surface area contributed by atoms with Gasteiger partial charge in [0, 0.05) is 25.2 Å². The van der Waals surface area contributed by atoms with Crippen LogP contribution in [-0.4, -0.2) is 49.3 Å². The average molecular weight is 171 g/mol. The van der Waals surface area contributed by atoms with Crippen molar-refractivity contribution in [3.63, 3.8) is 0 Å². The van der Waals surface area contributed by atoms with Crippen LogP contribution in [0.4, 0.5) is 4.79 Å². The molecule has 2 aliphatic heterocycles. The van der Waals surface area contributed by atoms with Crippen LogP contribution >= 0.6 is 0 Å². The van der Waals surface area contributed by atoms with Crippen LogP contribution in [0.3, 0.4) is 0 Å². The molecule has 0 aliphatic carbocycles. The topological polar surface area (TPSA) is 67.6 Å². The van der Waals surface area contributed by atoms with Crippen molar-refractivity contribution >= 4 is 6.03 Å². The minimum atomic E-state index is -0.326. The lowest BCUT2D eigenvalue weighted by Crippen LogP contribution is -2.64. The minimum Gasteiger partial charge on any atom is -0.378 e. The highest BCUT2D eigenvalue weighted by Gasteiger charge is 2.31. The van der Waals surface area contributed by atoms with Crippen molar-refractivity contribution in [2.75, 3.05) is 26.3 Å². The van der Waals surface area contributed by atoms with Crippen LogP contribution in [0.2, 0.25) is 0 Å². The largest absolute Gasteiger partial charge is 0.378 e. The summed E-state index contributed by atoms with van der Waals surface area (Å²) < 4.78 is 5.32. The molecule has 2 fully saturated rings. The summed E-state index contributed by atoms with van der Waals surface area (Å²) in [6.07, 6.45) is 0. The Morgan fingerprint density at radius 1 is 1.42 bits per heavy atom. The van der Waals surface area contributed by atoms with Crippen LogP contribution < -0.4 is 11.1 Å². The highest BCUT2D eigenvalue weighted by molar-refractivity contribution is 5.72. The normalized spacial score (nSPS) is 34.8. The van der Waals surface area contributed by atoms with Crippen molar-refractivity contribution in [3.8, 4) is 0 Å². The summed E-state index contributed by atoms with van der Waals surface area (Å²) in [7, 11) is 0. The standard InChI is InChI=1S/C7H13N3O2/c8-7(11)10-1-5-3-12-4-6(2-10)9-5/h5-6,9H,1-4H2,(H2,8,11). The van der Waals surface area contributed by atoms with Crippen LogP contribution in [0.1, 0.15) is 0 Å². The number of nitrogens with zero attached hydrogens (tertiary/aromatic N) is 1. The molecule has 2 unspecified atom stereocenters. The molecule has 2 heterocycles. The number of primary amides is 1. The first-order valence-corrected chi connectivity index (χ1v) is 4.14. The van der Waals surface area contributed by atoms with E-state index in [9.17, 15) is 4.79 Å². The second kappa shape index (κ2) is 2.91. The fourth-order valence-electron chi connectivity index (χ4n) is 1.78. The Labute approximate surface area is 70.8 Å². The van der Waals surface area contributed by atoms with Gasteiger partial charge in [-0.1, -0.05) is 0 Å². The smallest absolute Gasteiger partial charge is 0.314 e. The molecule has 2 bridgehead atoms. The second-order valence-corrected chi connectivity index (χ2v) is 3.34. The van der Waals surface area contributed by atoms with Gasteiger partial charge in [-0.15, -0.1) is 0 Å². The molecule has 2 amide bonds. The number of ether oxygens (including phenoxy) is 1. The van der Waals surface area contributed by atoms with E-state index >= 15 is 0 Å². The molecule has 0 aromatic heterocycles. The minimum absolute atomic E-state index is 0.269. The van der Waals surface area contributed by atoms with E-state index in [1.54, 1.807) is 4.90 Å². The van der Waals surface area contributed by atoms with Gasteiger partial charge in [-0.2, -0.15) is 0 Å². The monoisotopic (exact) mass is 171 g/mol. The second-order valence-electron chi connectivity index (χ2n) is 3.34. The number of hydrogen-bond donors (Lipinski definition) is 2. The first-order chi connectivity index (χ1) is 5.75. The fraction of sp³-hybridized carbons (Fsp3) is 0.857. The van der Waals surface area contributed by atoms with Crippen molar-refractivity contribution < 1.29 is 9.53 Å². The molecular formula is C7H13N3O2. The van der Waals surface area contributed by atoms with Crippen molar-refractivity contribution in [3.05, 3.63) is 0 Å². The molecule has 5 heteroatoms. The molecule has 2 rings (SSSR count). The highest BCUT2D eigenvalue weighted by atomic mass is 16.5. The Morgan fingerprint density at radius 3 is 2.50 bits per heavy atom. The number of urea groups is 1. The molecule has 2 atom stereocenters. The van der Waals surface area contributed by atoms with Crippen LogP contribution in [0.25, 0.3) is 0 Å². The van der Waals surface area contributed by atoms with Crippen LogP contribution in [-0.2, 0) is 4.74 Å². The number of morpholine rings is 1. The average Bonchev–Trinajstić information content (AvgIpc) is 2.03. The zero-order valence-electron chi connectivity index (χ0n) is 6.82. The maximum atomic E-state index is 10.9. The number of piperazine rings is 1. The number of carbonyl (C=O) groups excluding carboxylic acids is 1. The molecule has 68 valence electrons. The molecule has 0 radical (unpaired) electrons. The van der Waals surface area contributed by atoms with Gasteiger partial charge in [-0.25, -0.2) is 4.79 Å². The summed E-state index contributed by atoms with van der Waals surface area (Å²) in [5, 5.41) is 3.36. The van der Waals surface area contributed by atoms with Gasteiger partial charge >= 0.3 is 6.03 Å². The van der Waals surface area contributed by atoms with Gasteiger partial charge in [0.15, 0.2) is 0 Å². The van der Waals surface area contributed by atoms with Gasteiger partial charge in [0.1, 0.15) is 0 Å². The number of fused-ring (bicyclic) bond motifs is 2. The zero-order chi connectivity index (χ0) is 8.55. The third kappa shape index (κ3) is 1.37. The number of nitrogens with two attached hydrogens (primary N) is 1. The van der Waals surface area contributed by atoms with Crippen LogP contribution in [0.15, 0.2) is 0 Å².